The Labute approximate surface area is 128 Å². The lowest BCUT2D eigenvalue weighted by Crippen LogP contribution is -2.24. The third kappa shape index (κ3) is 3.85. The predicted molar refractivity (Wildman–Crippen MR) is 82.1 cm³/mol. The summed E-state index contributed by atoms with van der Waals surface area (Å²) < 4.78 is 6.61. The van der Waals surface area contributed by atoms with E-state index in [0.29, 0.717) is 11.3 Å². The van der Waals surface area contributed by atoms with Crippen molar-refractivity contribution in [2.24, 2.45) is 5.10 Å². The summed E-state index contributed by atoms with van der Waals surface area (Å²) in [5, 5.41) is 17.6. The number of hydrogen-bond donors (Lipinski definition) is 2. The van der Waals surface area contributed by atoms with Crippen LogP contribution in [0.15, 0.2) is 29.4 Å². The van der Waals surface area contributed by atoms with Crippen LogP contribution in [0.1, 0.15) is 17.0 Å². The van der Waals surface area contributed by atoms with Crippen LogP contribution in [0.3, 0.4) is 0 Å². The van der Waals surface area contributed by atoms with Crippen molar-refractivity contribution >= 4 is 12.1 Å². The van der Waals surface area contributed by atoms with Gasteiger partial charge in [-0.05, 0) is 43.7 Å². The van der Waals surface area contributed by atoms with Gasteiger partial charge in [0, 0.05) is 5.69 Å². The summed E-state index contributed by atoms with van der Waals surface area (Å²) in [6, 6.07) is 6.68. The largest absolute Gasteiger partial charge is 0.504 e. The van der Waals surface area contributed by atoms with E-state index in [-0.39, 0.29) is 18.2 Å². The number of phenolic OH excluding ortho intramolecular Hbond substituents is 1. The minimum absolute atomic E-state index is 0.0493. The second-order valence-corrected chi connectivity index (χ2v) is 4.81. The number of rotatable bonds is 5. The lowest BCUT2D eigenvalue weighted by atomic mass is 10.2. The maximum Gasteiger partial charge on any atom is 0.261 e. The summed E-state index contributed by atoms with van der Waals surface area (Å²) in [6.45, 7) is 3.87. The van der Waals surface area contributed by atoms with E-state index in [1.807, 2.05) is 19.9 Å². The fourth-order valence-electron chi connectivity index (χ4n) is 1.96. The molecule has 0 saturated carbocycles. The van der Waals surface area contributed by atoms with Gasteiger partial charge in [0.1, 0.15) is 6.54 Å². The van der Waals surface area contributed by atoms with Gasteiger partial charge in [-0.15, -0.1) is 0 Å². The quantitative estimate of drug-likeness (QED) is 0.645. The lowest BCUT2D eigenvalue weighted by molar-refractivity contribution is -0.121. The topological polar surface area (TPSA) is 88.7 Å². The number of carbonyl (C=O) groups is 1. The van der Waals surface area contributed by atoms with Gasteiger partial charge < -0.3 is 9.84 Å². The Bertz CT molecular complexity index is 707. The Kier molecular flexibility index (Phi) is 4.77. The van der Waals surface area contributed by atoms with Crippen molar-refractivity contribution in [2.75, 3.05) is 7.11 Å². The molecule has 7 heteroatoms. The lowest BCUT2D eigenvalue weighted by Gasteiger charge is -2.04. The predicted octanol–water partition coefficient (Wildman–Crippen LogP) is 1.36. The van der Waals surface area contributed by atoms with Crippen molar-refractivity contribution in [2.45, 2.75) is 20.4 Å². The molecule has 1 amide bonds. The highest BCUT2D eigenvalue weighted by Crippen LogP contribution is 2.25. The second kappa shape index (κ2) is 6.75. The first-order valence-corrected chi connectivity index (χ1v) is 6.69. The van der Waals surface area contributed by atoms with Crippen molar-refractivity contribution in [3.8, 4) is 11.5 Å². The maximum absolute atomic E-state index is 11.8. The van der Waals surface area contributed by atoms with Crippen LogP contribution in [0, 0.1) is 13.8 Å². The van der Waals surface area contributed by atoms with Gasteiger partial charge in [0.2, 0.25) is 0 Å². The number of hydrogen-bond acceptors (Lipinski definition) is 5. The van der Waals surface area contributed by atoms with Gasteiger partial charge in [-0.2, -0.15) is 10.2 Å². The molecule has 2 aromatic rings. The van der Waals surface area contributed by atoms with E-state index in [0.717, 1.165) is 11.4 Å². The van der Waals surface area contributed by atoms with Gasteiger partial charge in [0.25, 0.3) is 5.91 Å². The van der Waals surface area contributed by atoms with E-state index in [9.17, 15) is 9.90 Å². The second-order valence-electron chi connectivity index (χ2n) is 4.81. The Hall–Kier alpha value is -2.83. The van der Waals surface area contributed by atoms with Crippen LogP contribution in [0.4, 0.5) is 0 Å². The fourth-order valence-corrected chi connectivity index (χ4v) is 1.96. The SMILES string of the molecule is COc1cc(C=NNC(=O)Cn2nc(C)cc2C)ccc1O. The van der Waals surface area contributed by atoms with Gasteiger partial charge in [-0.3, -0.25) is 9.48 Å². The molecule has 2 N–H and O–H groups in total. The number of hydrazone groups is 1. The normalized spacial score (nSPS) is 10.9. The molecule has 0 unspecified atom stereocenters. The number of methoxy groups -OCH3 is 1. The molecule has 2 rings (SSSR count). The monoisotopic (exact) mass is 302 g/mol. The number of carbonyl (C=O) groups excluding carboxylic acids is 1. The molecule has 0 fully saturated rings. The molecule has 22 heavy (non-hydrogen) atoms. The van der Waals surface area contributed by atoms with E-state index in [2.05, 4.69) is 15.6 Å². The number of phenols is 1. The summed E-state index contributed by atoms with van der Waals surface area (Å²) in [4.78, 5) is 11.8. The number of amides is 1. The number of ether oxygens (including phenoxy) is 1. The third-order valence-electron chi connectivity index (χ3n) is 3.00. The summed E-state index contributed by atoms with van der Waals surface area (Å²) >= 11 is 0. The van der Waals surface area contributed by atoms with Crippen molar-refractivity contribution in [3.63, 3.8) is 0 Å². The Balaban J connectivity index is 1.94. The van der Waals surface area contributed by atoms with Crippen LogP contribution in [0.5, 0.6) is 11.5 Å². The van der Waals surface area contributed by atoms with E-state index in [1.54, 1.807) is 16.8 Å². The molecule has 0 aliphatic carbocycles. The van der Waals surface area contributed by atoms with Crippen LogP contribution in [0.25, 0.3) is 0 Å². The van der Waals surface area contributed by atoms with Crippen LogP contribution in [0.2, 0.25) is 0 Å². The zero-order valence-corrected chi connectivity index (χ0v) is 12.7. The Morgan fingerprint density at radius 2 is 2.23 bits per heavy atom. The van der Waals surface area contributed by atoms with Crippen molar-refractivity contribution in [1.29, 1.82) is 0 Å². The zero-order valence-electron chi connectivity index (χ0n) is 12.7. The van der Waals surface area contributed by atoms with E-state index in [4.69, 9.17) is 4.74 Å². The number of aryl methyl sites for hydroxylation is 2. The minimum atomic E-state index is -0.270. The molecule has 0 radical (unpaired) electrons. The molecule has 1 heterocycles. The van der Waals surface area contributed by atoms with E-state index >= 15 is 0 Å². The highest BCUT2D eigenvalue weighted by Gasteiger charge is 2.06. The van der Waals surface area contributed by atoms with E-state index in [1.165, 1.54) is 19.4 Å². The van der Waals surface area contributed by atoms with Gasteiger partial charge in [-0.1, -0.05) is 0 Å². The first kappa shape index (κ1) is 15.6. The van der Waals surface area contributed by atoms with Crippen LogP contribution in [-0.2, 0) is 11.3 Å². The number of nitrogens with zero attached hydrogens (tertiary/aromatic N) is 3. The molecule has 0 spiro atoms. The highest BCUT2D eigenvalue weighted by molar-refractivity contribution is 5.83. The van der Waals surface area contributed by atoms with Crippen molar-refractivity contribution in [1.82, 2.24) is 15.2 Å². The number of aromatic hydroxyl groups is 1. The zero-order chi connectivity index (χ0) is 16.1. The summed E-state index contributed by atoms with van der Waals surface area (Å²) in [7, 11) is 1.46. The van der Waals surface area contributed by atoms with Crippen LogP contribution < -0.4 is 10.2 Å². The van der Waals surface area contributed by atoms with Gasteiger partial charge in [0.15, 0.2) is 11.5 Å². The molecule has 7 nitrogen and oxygen atoms in total. The summed E-state index contributed by atoms with van der Waals surface area (Å²) in [5.41, 5.74) is 4.91. The minimum Gasteiger partial charge on any atom is -0.504 e. The van der Waals surface area contributed by atoms with Crippen molar-refractivity contribution in [3.05, 3.63) is 41.2 Å². The molecule has 116 valence electrons. The molecule has 0 saturated heterocycles. The van der Waals surface area contributed by atoms with Crippen LogP contribution in [-0.4, -0.2) is 34.1 Å². The molecule has 1 aromatic heterocycles. The Morgan fingerprint density at radius 3 is 2.86 bits per heavy atom. The highest BCUT2D eigenvalue weighted by atomic mass is 16.5. The van der Waals surface area contributed by atoms with Gasteiger partial charge >= 0.3 is 0 Å². The third-order valence-corrected chi connectivity index (χ3v) is 3.00. The molecule has 0 bridgehead atoms. The molecule has 0 atom stereocenters. The summed E-state index contributed by atoms with van der Waals surface area (Å²) in [5.74, 6) is 0.124. The van der Waals surface area contributed by atoms with Crippen molar-refractivity contribution < 1.29 is 14.6 Å². The summed E-state index contributed by atoms with van der Waals surface area (Å²) in [6.07, 6.45) is 1.47. The van der Waals surface area contributed by atoms with Gasteiger partial charge in [-0.25, -0.2) is 5.43 Å². The molecule has 0 aliphatic rings. The van der Waals surface area contributed by atoms with E-state index < -0.39 is 0 Å². The molecular weight excluding hydrogens is 284 g/mol. The van der Waals surface area contributed by atoms with Crippen LogP contribution >= 0.6 is 0 Å². The average molecular weight is 302 g/mol. The number of aromatic nitrogens is 2. The standard InChI is InChI=1S/C15H18N4O3/c1-10-6-11(2)19(18-10)9-15(21)17-16-8-12-4-5-13(20)14(7-12)22-3/h4-8,20H,9H2,1-3H3,(H,17,21). The fraction of sp³-hybridized carbons (Fsp3) is 0.267. The smallest absolute Gasteiger partial charge is 0.261 e. The molecule has 0 aliphatic heterocycles. The molecule has 1 aromatic carbocycles. The average Bonchev–Trinajstić information content (AvgIpc) is 2.78. The first-order valence-electron chi connectivity index (χ1n) is 6.69. The maximum atomic E-state index is 11.8. The first-order chi connectivity index (χ1) is 10.5. The number of benzene rings is 1. The molecular formula is C15H18N4O3. The Morgan fingerprint density at radius 1 is 1.45 bits per heavy atom. The number of nitrogens with one attached hydrogen (secondary N) is 1. The van der Waals surface area contributed by atoms with Gasteiger partial charge in [0.05, 0.1) is 19.0 Å².